The minimum atomic E-state index is -0.558. The third kappa shape index (κ3) is 49.7. The molecule has 0 aromatic rings. The largest absolute Gasteiger partial charge is 0.462 e. The van der Waals surface area contributed by atoms with Gasteiger partial charge in [0.1, 0.15) is 6.61 Å². The molecule has 5 heteroatoms. The quantitative estimate of drug-likeness (QED) is 0.0346. The Balaban J connectivity index is 4.33. The molecule has 0 aliphatic heterocycles. The fraction of sp³-hybridized carbons (Fsp3) is 0.719. The number of ether oxygens (including phenoxy) is 3. The Labute approximate surface area is 384 Å². The van der Waals surface area contributed by atoms with Gasteiger partial charge in [0.2, 0.25) is 0 Å². The molecule has 0 heterocycles. The van der Waals surface area contributed by atoms with Crippen LogP contribution in [0.2, 0.25) is 0 Å². The van der Waals surface area contributed by atoms with Gasteiger partial charge in [0, 0.05) is 19.4 Å². The number of carbonyl (C=O) groups is 2. The third-order valence-corrected chi connectivity index (χ3v) is 10.9. The van der Waals surface area contributed by atoms with Crippen LogP contribution >= 0.6 is 0 Å². The van der Waals surface area contributed by atoms with Crippen molar-refractivity contribution in [1.29, 1.82) is 0 Å². The van der Waals surface area contributed by atoms with E-state index in [1.807, 2.05) is 0 Å². The van der Waals surface area contributed by atoms with Crippen molar-refractivity contribution in [2.45, 2.75) is 245 Å². The van der Waals surface area contributed by atoms with Crippen molar-refractivity contribution < 1.29 is 23.8 Å². The van der Waals surface area contributed by atoms with Crippen molar-refractivity contribution in [3.63, 3.8) is 0 Å². The van der Waals surface area contributed by atoms with Crippen LogP contribution in [0.1, 0.15) is 239 Å². The van der Waals surface area contributed by atoms with Crippen molar-refractivity contribution in [3.05, 3.63) is 85.1 Å². The summed E-state index contributed by atoms with van der Waals surface area (Å²) in [6, 6.07) is 0. The van der Waals surface area contributed by atoms with Gasteiger partial charge in [0.15, 0.2) is 6.10 Å². The average molecular weight is 863 g/mol. The molecular weight excluding hydrogens is 765 g/mol. The highest BCUT2D eigenvalue weighted by Gasteiger charge is 2.17. The Morgan fingerprint density at radius 1 is 0.371 bits per heavy atom. The molecule has 356 valence electrons. The molecule has 0 aromatic carbocycles. The van der Waals surface area contributed by atoms with Crippen LogP contribution in [-0.2, 0) is 23.8 Å². The minimum absolute atomic E-state index is 0.0593. The predicted octanol–water partition coefficient (Wildman–Crippen LogP) is 17.7. The van der Waals surface area contributed by atoms with E-state index in [9.17, 15) is 9.59 Å². The summed E-state index contributed by atoms with van der Waals surface area (Å²) in [5, 5.41) is 0. The maximum absolute atomic E-state index is 12.8. The maximum Gasteiger partial charge on any atom is 0.306 e. The number of rotatable bonds is 47. The molecule has 62 heavy (non-hydrogen) atoms. The Morgan fingerprint density at radius 3 is 1.19 bits per heavy atom. The van der Waals surface area contributed by atoms with Gasteiger partial charge in [-0.1, -0.05) is 221 Å². The van der Waals surface area contributed by atoms with Gasteiger partial charge < -0.3 is 14.2 Å². The lowest BCUT2D eigenvalue weighted by molar-refractivity contribution is -0.163. The van der Waals surface area contributed by atoms with Crippen LogP contribution in [-0.4, -0.2) is 37.9 Å². The third-order valence-electron chi connectivity index (χ3n) is 10.9. The van der Waals surface area contributed by atoms with Crippen molar-refractivity contribution in [2.75, 3.05) is 19.8 Å². The van der Waals surface area contributed by atoms with Crippen LogP contribution in [0.15, 0.2) is 85.1 Å². The van der Waals surface area contributed by atoms with Crippen molar-refractivity contribution in [3.8, 4) is 0 Å². The first-order valence-electron chi connectivity index (χ1n) is 26.1. The van der Waals surface area contributed by atoms with E-state index in [0.717, 1.165) is 89.9 Å². The van der Waals surface area contributed by atoms with E-state index in [1.165, 1.54) is 116 Å². The van der Waals surface area contributed by atoms with Gasteiger partial charge in [-0.25, -0.2) is 0 Å². The second-order valence-corrected chi connectivity index (χ2v) is 17.0. The van der Waals surface area contributed by atoms with Crippen LogP contribution in [0.3, 0.4) is 0 Å². The smallest absolute Gasteiger partial charge is 0.306 e. The Bertz CT molecular complexity index is 1160. The monoisotopic (exact) mass is 863 g/mol. The first-order valence-corrected chi connectivity index (χ1v) is 26.1. The molecule has 1 unspecified atom stereocenters. The van der Waals surface area contributed by atoms with Crippen LogP contribution in [0.5, 0.6) is 0 Å². The molecule has 0 amide bonds. The highest BCUT2D eigenvalue weighted by Crippen LogP contribution is 2.15. The lowest BCUT2D eigenvalue weighted by atomic mass is 10.0. The SMILES string of the molecule is CC/C=C\C/C=C\C/C=C\C/C=C\CCCCC(=O)OCC(COCCCCCCCCCC/C=C\C/C=C\C/C=C\CC)OC(=O)CCCCCCCCCCCCCCC. The van der Waals surface area contributed by atoms with E-state index >= 15 is 0 Å². The van der Waals surface area contributed by atoms with Gasteiger partial charge in [0.25, 0.3) is 0 Å². The second kappa shape index (κ2) is 52.4. The summed E-state index contributed by atoms with van der Waals surface area (Å²) in [6.45, 7) is 7.56. The highest BCUT2D eigenvalue weighted by molar-refractivity contribution is 5.70. The number of hydrogen-bond donors (Lipinski definition) is 0. The summed E-state index contributed by atoms with van der Waals surface area (Å²) in [7, 11) is 0. The molecule has 1 atom stereocenters. The normalized spacial score (nSPS) is 12.9. The first-order chi connectivity index (χ1) is 30.6. The van der Waals surface area contributed by atoms with Gasteiger partial charge in [-0.2, -0.15) is 0 Å². The Hall–Kier alpha value is -2.92. The zero-order chi connectivity index (χ0) is 44.9. The highest BCUT2D eigenvalue weighted by atomic mass is 16.6. The zero-order valence-corrected chi connectivity index (χ0v) is 40.9. The van der Waals surface area contributed by atoms with Gasteiger partial charge in [-0.3, -0.25) is 9.59 Å². The Kier molecular flexibility index (Phi) is 50.0. The molecule has 0 aromatic heterocycles. The fourth-order valence-electron chi connectivity index (χ4n) is 7.10. The zero-order valence-electron chi connectivity index (χ0n) is 40.9. The summed E-state index contributed by atoms with van der Waals surface area (Å²) in [6.07, 6.45) is 68.8. The van der Waals surface area contributed by atoms with Crippen molar-refractivity contribution in [2.24, 2.45) is 0 Å². The lowest BCUT2D eigenvalue weighted by Crippen LogP contribution is -2.30. The molecule has 0 saturated carbocycles. The lowest BCUT2D eigenvalue weighted by Gasteiger charge is -2.18. The molecule has 0 rings (SSSR count). The first kappa shape index (κ1) is 59.1. The minimum Gasteiger partial charge on any atom is -0.462 e. The van der Waals surface area contributed by atoms with Crippen LogP contribution in [0.25, 0.3) is 0 Å². The molecule has 0 aliphatic rings. The number of allylic oxidation sites excluding steroid dienone is 14. The number of hydrogen-bond acceptors (Lipinski definition) is 5. The van der Waals surface area contributed by atoms with E-state index in [0.29, 0.717) is 19.4 Å². The van der Waals surface area contributed by atoms with E-state index in [-0.39, 0.29) is 25.2 Å². The van der Waals surface area contributed by atoms with E-state index in [1.54, 1.807) is 0 Å². The summed E-state index contributed by atoms with van der Waals surface area (Å²) in [4.78, 5) is 25.4. The molecule has 0 radical (unpaired) electrons. The molecule has 0 bridgehead atoms. The molecule has 0 spiro atoms. The number of esters is 2. The van der Waals surface area contributed by atoms with Gasteiger partial charge in [0.05, 0.1) is 6.61 Å². The molecule has 0 aliphatic carbocycles. The fourth-order valence-corrected chi connectivity index (χ4v) is 7.10. The molecular formula is C57H98O5. The van der Waals surface area contributed by atoms with Crippen LogP contribution < -0.4 is 0 Å². The second-order valence-electron chi connectivity index (χ2n) is 17.0. The van der Waals surface area contributed by atoms with E-state index in [4.69, 9.17) is 14.2 Å². The maximum atomic E-state index is 12.8. The molecule has 0 saturated heterocycles. The Morgan fingerprint density at radius 2 is 0.726 bits per heavy atom. The summed E-state index contributed by atoms with van der Waals surface area (Å²) in [5.41, 5.74) is 0. The van der Waals surface area contributed by atoms with Crippen molar-refractivity contribution in [1.82, 2.24) is 0 Å². The number of unbranched alkanes of at least 4 members (excludes halogenated alkanes) is 22. The number of carbonyl (C=O) groups excluding carboxylic acids is 2. The topological polar surface area (TPSA) is 61.8 Å². The summed E-state index contributed by atoms with van der Waals surface area (Å²) >= 11 is 0. The summed E-state index contributed by atoms with van der Waals surface area (Å²) in [5.74, 6) is -0.446. The van der Waals surface area contributed by atoms with Crippen LogP contribution in [0.4, 0.5) is 0 Å². The molecule has 0 N–H and O–H groups in total. The molecule has 5 nitrogen and oxygen atoms in total. The standard InChI is InChI=1S/C57H98O5/c1-4-7-10-13-16-19-22-25-27-28-29-31-34-37-40-43-46-49-52-60-53-55(62-57(59)51-48-45-42-39-36-32-24-21-18-15-12-9-6-3)54-61-56(58)50-47-44-41-38-35-33-30-26-23-20-17-14-11-8-5-2/h7-8,10-11,16-17,19-20,25-27,30,35,38,55H,4-6,9,12-15,18,21-24,28-29,31-34,36-37,39-54H2,1-3H3/b10-7-,11-8-,19-16-,20-17-,27-25-,30-26-,38-35-. The van der Waals surface area contributed by atoms with E-state index < -0.39 is 6.10 Å². The van der Waals surface area contributed by atoms with Crippen LogP contribution in [0, 0.1) is 0 Å². The van der Waals surface area contributed by atoms with E-state index in [2.05, 4.69) is 106 Å². The predicted molar refractivity (Wildman–Crippen MR) is 270 cm³/mol. The molecule has 0 fully saturated rings. The van der Waals surface area contributed by atoms with Gasteiger partial charge >= 0.3 is 11.9 Å². The average Bonchev–Trinajstić information content (AvgIpc) is 3.27. The van der Waals surface area contributed by atoms with Gasteiger partial charge in [-0.05, 0) is 89.9 Å². The van der Waals surface area contributed by atoms with Gasteiger partial charge in [-0.15, -0.1) is 0 Å². The van der Waals surface area contributed by atoms with Crippen molar-refractivity contribution >= 4 is 11.9 Å². The summed E-state index contributed by atoms with van der Waals surface area (Å²) < 4.78 is 17.4.